The zero-order valence-electron chi connectivity index (χ0n) is 19.4. The zero-order valence-corrected chi connectivity index (χ0v) is 19.4. The van der Waals surface area contributed by atoms with E-state index in [-0.39, 0.29) is 24.1 Å². The number of ether oxygens (including phenoxy) is 3. The molecule has 2 atom stereocenters. The van der Waals surface area contributed by atoms with E-state index in [1.807, 2.05) is 18.2 Å². The molecule has 0 aromatic heterocycles. The maximum Gasteiger partial charge on any atom is 0.308 e. The second kappa shape index (κ2) is 9.53. The van der Waals surface area contributed by atoms with Gasteiger partial charge < -0.3 is 19.3 Å². The molecule has 1 fully saturated rings. The van der Waals surface area contributed by atoms with Crippen LogP contribution in [0.4, 0.5) is 0 Å². The van der Waals surface area contributed by atoms with E-state index in [1.54, 1.807) is 0 Å². The Balaban J connectivity index is 1.63. The Morgan fingerprint density at radius 2 is 1.94 bits per heavy atom. The van der Waals surface area contributed by atoms with Gasteiger partial charge in [-0.1, -0.05) is 43.7 Å². The summed E-state index contributed by atoms with van der Waals surface area (Å²) in [6.07, 6.45) is 3.81. The molecule has 2 aliphatic rings. The Bertz CT molecular complexity index is 950. The highest BCUT2D eigenvalue weighted by Crippen LogP contribution is 2.44. The van der Waals surface area contributed by atoms with Gasteiger partial charge in [-0.25, -0.2) is 0 Å². The van der Waals surface area contributed by atoms with Gasteiger partial charge in [0.1, 0.15) is 29.8 Å². The van der Waals surface area contributed by atoms with Gasteiger partial charge in [-0.3, -0.25) is 4.79 Å². The molecule has 1 saturated heterocycles. The minimum Gasteiger partial charge on any atom is -0.489 e. The fraction of sp³-hybridized carbons (Fsp3) is 0.519. The monoisotopic (exact) mass is 438 g/mol. The smallest absolute Gasteiger partial charge is 0.308 e. The van der Waals surface area contributed by atoms with Crippen molar-refractivity contribution in [1.82, 2.24) is 0 Å². The summed E-state index contributed by atoms with van der Waals surface area (Å²) in [5, 5.41) is 9.99. The summed E-state index contributed by atoms with van der Waals surface area (Å²) < 4.78 is 18.3. The number of carbonyl (C=O) groups is 1. The zero-order chi connectivity index (χ0) is 22.7. The van der Waals surface area contributed by atoms with E-state index < -0.39 is 6.10 Å². The third-order valence-electron chi connectivity index (χ3n) is 6.22. The number of benzene rings is 2. The van der Waals surface area contributed by atoms with Crippen LogP contribution >= 0.6 is 0 Å². The summed E-state index contributed by atoms with van der Waals surface area (Å²) in [4.78, 5) is 11.8. The maximum atomic E-state index is 11.8. The molecule has 5 heteroatoms. The Morgan fingerprint density at radius 1 is 1.16 bits per heavy atom. The highest BCUT2D eigenvalue weighted by atomic mass is 16.5. The average Bonchev–Trinajstić information content (AvgIpc) is 3.05. The van der Waals surface area contributed by atoms with Crippen LogP contribution in [0.1, 0.15) is 68.7 Å². The molecule has 0 radical (unpaired) electrons. The van der Waals surface area contributed by atoms with Crippen molar-refractivity contribution in [1.29, 1.82) is 0 Å². The van der Waals surface area contributed by atoms with E-state index in [4.69, 9.17) is 14.2 Å². The predicted octanol–water partition coefficient (Wildman–Crippen LogP) is 4.93. The van der Waals surface area contributed by atoms with E-state index >= 15 is 0 Å². The summed E-state index contributed by atoms with van der Waals surface area (Å²) in [5.41, 5.74) is 4.40. The lowest BCUT2D eigenvalue weighted by molar-refractivity contribution is -0.160. The second-order valence-electron chi connectivity index (χ2n) is 9.63. The molecule has 0 saturated carbocycles. The summed E-state index contributed by atoms with van der Waals surface area (Å²) in [7, 11) is 0. The molecule has 0 bridgehead atoms. The Morgan fingerprint density at radius 3 is 2.66 bits per heavy atom. The van der Waals surface area contributed by atoms with Crippen LogP contribution in [0.5, 0.6) is 11.5 Å². The van der Waals surface area contributed by atoms with Gasteiger partial charge >= 0.3 is 5.97 Å². The number of carbonyl (C=O) groups excluding carboxylic acids is 1. The van der Waals surface area contributed by atoms with Crippen molar-refractivity contribution < 1.29 is 24.1 Å². The molecule has 2 unspecified atom stereocenters. The van der Waals surface area contributed by atoms with Gasteiger partial charge in [0.05, 0.1) is 12.5 Å². The Labute approximate surface area is 190 Å². The van der Waals surface area contributed by atoms with Crippen molar-refractivity contribution in [3.63, 3.8) is 0 Å². The van der Waals surface area contributed by atoms with Gasteiger partial charge in [0.15, 0.2) is 0 Å². The van der Waals surface area contributed by atoms with Crippen LogP contribution in [0.2, 0.25) is 0 Å². The number of fused-ring (bicyclic) bond motifs is 1. The molecule has 2 heterocycles. The summed E-state index contributed by atoms with van der Waals surface area (Å²) in [6, 6.07) is 12.4. The molecule has 2 aromatic carbocycles. The molecule has 2 aromatic rings. The SMILES string of the molecule is CCCc1c(OCc2ccccc2)cc2c(c1CCC1CC(O)CC(=O)O1)OC(C)(C)C2. The topological polar surface area (TPSA) is 65.0 Å². The van der Waals surface area contributed by atoms with Gasteiger partial charge in [-0.2, -0.15) is 0 Å². The summed E-state index contributed by atoms with van der Waals surface area (Å²) in [6.45, 7) is 6.91. The predicted molar refractivity (Wildman–Crippen MR) is 123 cm³/mol. The minimum atomic E-state index is -0.613. The lowest BCUT2D eigenvalue weighted by atomic mass is 9.91. The first-order valence-electron chi connectivity index (χ1n) is 11.8. The number of aliphatic hydroxyl groups excluding tert-OH is 1. The molecule has 5 nitrogen and oxygen atoms in total. The number of hydrogen-bond acceptors (Lipinski definition) is 5. The van der Waals surface area contributed by atoms with Gasteiger partial charge in [-0.05, 0) is 44.7 Å². The van der Waals surface area contributed by atoms with Gasteiger partial charge in [0.25, 0.3) is 0 Å². The van der Waals surface area contributed by atoms with Crippen LogP contribution in [0.3, 0.4) is 0 Å². The van der Waals surface area contributed by atoms with E-state index in [1.165, 1.54) is 11.1 Å². The largest absolute Gasteiger partial charge is 0.489 e. The van der Waals surface area contributed by atoms with Gasteiger partial charge in [0, 0.05) is 29.5 Å². The van der Waals surface area contributed by atoms with Crippen LogP contribution in [0.25, 0.3) is 0 Å². The fourth-order valence-electron chi connectivity index (χ4n) is 4.82. The highest BCUT2D eigenvalue weighted by Gasteiger charge is 2.35. The molecule has 0 aliphatic carbocycles. The van der Waals surface area contributed by atoms with E-state index in [0.29, 0.717) is 19.4 Å². The Kier molecular flexibility index (Phi) is 6.75. The number of cyclic esters (lactones) is 1. The van der Waals surface area contributed by atoms with Crippen molar-refractivity contribution in [2.75, 3.05) is 0 Å². The first-order valence-corrected chi connectivity index (χ1v) is 11.8. The molecular weight excluding hydrogens is 404 g/mol. The van der Waals surface area contributed by atoms with Gasteiger partial charge in [0.2, 0.25) is 0 Å². The lowest BCUT2D eigenvalue weighted by Gasteiger charge is -2.27. The molecular formula is C27H34O5. The normalized spacial score (nSPS) is 21.6. The number of esters is 1. The van der Waals surface area contributed by atoms with Crippen LogP contribution in [0.15, 0.2) is 36.4 Å². The first-order chi connectivity index (χ1) is 15.3. The quantitative estimate of drug-likeness (QED) is 0.592. The van der Waals surface area contributed by atoms with E-state index in [9.17, 15) is 9.90 Å². The highest BCUT2D eigenvalue weighted by molar-refractivity contribution is 5.71. The van der Waals surface area contributed by atoms with Crippen molar-refractivity contribution in [2.24, 2.45) is 0 Å². The summed E-state index contributed by atoms with van der Waals surface area (Å²) in [5.74, 6) is 1.57. The van der Waals surface area contributed by atoms with E-state index in [0.717, 1.165) is 48.3 Å². The van der Waals surface area contributed by atoms with Crippen LogP contribution in [-0.4, -0.2) is 28.9 Å². The molecule has 1 N–H and O–H groups in total. The molecule has 32 heavy (non-hydrogen) atoms. The Hall–Kier alpha value is -2.53. The molecule has 0 amide bonds. The van der Waals surface area contributed by atoms with E-state index in [2.05, 4.69) is 39.0 Å². The molecule has 4 rings (SSSR count). The van der Waals surface area contributed by atoms with Crippen LogP contribution in [-0.2, 0) is 35.4 Å². The lowest BCUT2D eigenvalue weighted by Crippen LogP contribution is -2.32. The van der Waals surface area contributed by atoms with Crippen molar-refractivity contribution >= 4 is 5.97 Å². The maximum absolute atomic E-state index is 11.8. The van der Waals surface area contributed by atoms with Crippen LogP contribution in [0, 0.1) is 0 Å². The average molecular weight is 439 g/mol. The number of rotatable bonds is 8. The van der Waals surface area contributed by atoms with Gasteiger partial charge in [-0.15, -0.1) is 0 Å². The second-order valence-corrected chi connectivity index (χ2v) is 9.63. The van der Waals surface area contributed by atoms with Crippen molar-refractivity contribution in [3.8, 4) is 11.5 Å². The first kappa shape index (κ1) is 22.7. The third-order valence-corrected chi connectivity index (χ3v) is 6.22. The van der Waals surface area contributed by atoms with Crippen molar-refractivity contribution in [2.45, 2.75) is 90.1 Å². The number of hydrogen-bond donors (Lipinski definition) is 1. The standard InChI is InChI=1S/C27H34O5/c1-4-8-22-23(12-11-21-14-20(28)15-25(29)31-21)26-19(16-27(2,3)32-26)13-24(22)30-17-18-9-6-5-7-10-18/h5-7,9-10,13,20-21,28H,4,8,11-12,14-17H2,1-3H3. The number of aliphatic hydroxyl groups is 1. The third kappa shape index (κ3) is 5.26. The van der Waals surface area contributed by atoms with Crippen molar-refractivity contribution in [3.05, 3.63) is 58.7 Å². The fourth-order valence-corrected chi connectivity index (χ4v) is 4.82. The van der Waals surface area contributed by atoms with Crippen LogP contribution < -0.4 is 9.47 Å². The molecule has 0 spiro atoms. The minimum absolute atomic E-state index is 0.0904. The molecule has 172 valence electrons. The summed E-state index contributed by atoms with van der Waals surface area (Å²) >= 11 is 0. The molecule has 2 aliphatic heterocycles.